The van der Waals surface area contributed by atoms with Gasteiger partial charge in [0.25, 0.3) is 0 Å². The van der Waals surface area contributed by atoms with Crippen molar-refractivity contribution in [2.45, 2.75) is 31.2 Å². The summed E-state index contributed by atoms with van der Waals surface area (Å²) in [7, 11) is -3.63. The fraction of sp³-hybridized carbons (Fsp3) is 0.308. The van der Waals surface area contributed by atoms with E-state index in [-0.39, 0.29) is 4.90 Å². The van der Waals surface area contributed by atoms with Crippen LogP contribution in [0.5, 0.6) is 0 Å². The van der Waals surface area contributed by atoms with Gasteiger partial charge < -0.3 is 10.7 Å². The topological polar surface area (TPSA) is 101 Å². The first-order valence-corrected chi connectivity index (χ1v) is 7.80. The highest BCUT2D eigenvalue weighted by Crippen LogP contribution is 2.20. The van der Waals surface area contributed by atoms with Crippen molar-refractivity contribution in [2.24, 2.45) is 0 Å². The van der Waals surface area contributed by atoms with E-state index >= 15 is 0 Å². The van der Waals surface area contributed by atoms with E-state index in [4.69, 9.17) is 5.73 Å². The minimum Gasteiger partial charge on any atom is -0.398 e. The van der Waals surface area contributed by atoms with Crippen molar-refractivity contribution in [3.63, 3.8) is 0 Å². The number of aryl methyl sites for hydroxylation is 1. The molecule has 1 aromatic heterocycles. The molecule has 20 heavy (non-hydrogen) atoms. The molecule has 0 bridgehead atoms. The van der Waals surface area contributed by atoms with Gasteiger partial charge in [-0.05, 0) is 31.0 Å². The van der Waals surface area contributed by atoms with Crippen molar-refractivity contribution in [1.82, 2.24) is 14.7 Å². The van der Waals surface area contributed by atoms with Gasteiger partial charge in [-0.1, -0.05) is 13.0 Å². The molecule has 0 spiro atoms. The van der Waals surface area contributed by atoms with Gasteiger partial charge in [-0.3, -0.25) is 0 Å². The van der Waals surface area contributed by atoms with Crippen molar-refractivity contribution in [3.05, 3.63) is 42.0 Å². The predicted molar refractivity (Wildman–Crippen MR) is 77.5 cm³/mol. The van der Waals surface area contributed by atoms with Gasteiger partial charge >= 0.3 is 0 Å². The maximum atomic E-state index is 12.4. The number of nitrogens with zero attached hydrogens (tertiary/aromatic N) is 1. The molecule has 2 aromatic rings. The molecule has 0 radical (unpaired) electrons. The number of nitrogen functional groups attached to an aromatic ring is 1. The number of hydrogen-bond acceptors (Lipinski definition) is 4. The summed E-state index contributed by atoms with van der Waals surface area (Å²) in [5, 5.41) is 0. The molecule has 6 nitrogen and oxygen atoms in total. The number of nitrogens with one attached hydrogen (secondary N) is 2. The van der Waals surface area contributed by atoms with Crippen LogP contribution >= 0.6 is 0 Å². The van der Waals surface area contributed by atoms with Crippen LogP contribution in [0.1, 0.15) is 30.8 Å². The lowest BCUT2D eigenvalue weighted by Crippen LogP contribution is -2.29. The fourth-order valence-electron chi connectivity index (χ4n) is 1.84. The summed E-state index contributed by atoms with van der Waals surface area (Å²) in [4.78, 5) is 7.17. The number of hydrogen-bond donors (Lipinski definition) is 3. The smallest absolute Gasteiger partial charge is 0.241 e. The van der Waals surface area contributed by atoms with Crippen LogP contribution in [0.25, 0.3) is 0 Å². The Morgan fingerprint density at radius 1 is 1.45 bits per heavy atom. The van der Waals surface area contributed by atoms with E-state index in [1.807, 2.05) is 13.8 Å². The van der Waals surface area contributed by atoms with Crippen LogP contribution in [-0.2, 0) is 10.0 Å². The number of aromatic nitrogens is 2. The van der Waals surface area contributed by atoms with Crippen molar-refractivity contribution < 1.29 is 8.42 Å². The average molecular weight is 294 g/mol. The molecule has 2 rings (SSSR count). The average Bonchev–Trinajstić information content (AvgIpc) is 2.93. The molecule has 1 atom stereocenters. The number of rotatable bonds is 5. The van der Waals surface area contributed by atoms with Gasteiger partial charge in [0.1, 0.15) is 5.82 Å². The zero-order chi connectivity index (χ0) is 14.8. The van der Waals surface area contributed by atoms with E-state index in [0.717, 1.165) is 5.56 Å². The second-order valence-electron chi connectivity index (χ2n) is 4.57. The Balaban J connectivity index is 2.28. The summed E-state index contributed by atoms with van der Waals surface area (Å²) < 4.78 is 27.3. The normalized spacial score (nSPS) is 13.3. The highest BCUT2D eigenvalue weighted by atomic mass is 32.2. The highest BCUT2D eigenvalue weighted by Gasteiger charge is 2.22. The molecule has 0 aliphatic carbocycles. The Hall–Kier alpha value is -1.86. The van der Waals surface area contributed by atoms with Crippen LogP contribution in [0.3, 0.4) is 0 Å². The molecule has 0 fully saturated rings. The minimum atomic E-state index is -3.63. The molecule has 108 valence electrons. The first-order chi connectivity index (χ1) is 9.44. The molecule has 0 saturated heterocycles. The number of H-pyrrole nitrogens is 1. The van der Waals surface area contributed by atoms with Gasteiger partial charge in [0.15, 0.2) is 0 Å². The van der Waals surface area contributed by atoms with Crippen LogP contribution in [-0.4, -0.2) is 18.4 Å². The molecule has 1 unspecified atom stereocenters. The minimum absolute atomic E-state index is 0.158. The van der Waals surface area contributed by atoms with Gasteiger partial charge in [0.05, 0.1) is 10.9 Å². The van der Waals surface area contributed by atoms with Crippen LogP contribution < -0.4 is 10.5 Å². The lowest BCUT2D eigenvalue weighted by atomic mass is 10.2. The summed E-state index contributed by atoms with van der Waals surface area (Å²) in [6, 6.07) is 4.31. The molecule has 1 aromatic carbocycles. The molecule has 0 saturated carbocycles. The second kappa shape index (κ2) is 5.64. The molecule has 7 heteroatoms. The fourth-order valence-corrected chi connectivity index (χ4v) is 3.16. The summed E-state index contributed by atoms with van der Waals surface area (Å²) in [6.07, 6.45) is 3.85. The van der Waals surface area contributed by atoms with Crippen molar-refractivity contribution in [1.29, 1.82) is 0 Å². The molecular formula is C13H18N4O2S. The predicted octanol–water partition coefficient (Wildman–Crippen LogP) is 1.73. The Labute approximate surface area is 118 Å². The zero-order valence-corrected chi connectivity index (χ0v) is 12.2. The van der Waals surface area contributed by atoms with Crippen LogP contribution in [0.15, 0.2) is 35.5 Å². The molecular weight excluding hydrogens is 276 g/mol. The Morgan fingerprint density at radius 2 is 2.20 bits per heavy atom. The maximum Gasteiger partial charge on any atom is 0.241 e. The van der Waals surface area contributed by atoms with Crippen molar-refractivity contribution in [3.8, 4) is 0 Å². The number of benzene rings is 1. The standard InChI is InChI=1S/C13H18N4O2S/c1-3-12(13-15-6-7-16-13)17-20(18,19)10-5-4-9(2)11(14)8-10/h4-8,12,17H,3,14H2,1-2H3,(H,15,16). The summed E-state index contributed by atoms with van der Waals surface area (Å²) in [5.41, 5.74) is 7.07. The SMILES string of the molecule is CCC(NS(=O)(=O)c1ccc(C)c(N)c1)c1ncc[nH]1. The maximum absolute atomic E-state index is 12.4. The first-order valence-electron chi connectivity index (χ1n) is 6.31. The summed E-state index contributed by atoms with van der Waals surface area (Å²) in [6.45, 7) is 3.72. The quantitative estimate of drug-likeness (QED) is 0.731. The monoisotopic (exact) mass is 294 g/mol. The lowest BCUT2D eigenvalue weighted by Gasteiger charge is -2.15. The van der Waals surface area contributed by atoms with E-state index in [1.54, 1.807) is 24.5 Å². The molecule has 0 aliphatic rings. The van der Waals surface area contributed by atoms with Gasteiger partial charge in [0.2, 0.25) is 10.0 Å². The third-order valence-electron chi connectivity index (χ3n) is 3.12. The van der Waals surface area contributed by atoms with Crippen molar-refractivity contribution in [2.75, 3.05) is 5.73 Å². The molecule has 0 aliphatic heterocycles. The van der Waals surface area contributed by atoms with E-state index in [1.165, 1.54) is 6.07 Å². The summed E-state index contributed by atoms with van der Waals surface area (Å²) >= 11 is 0. The number of nitrogens with two attached hydrogens (primary N) is 1. The first kappa shape index (κ1) is 14.5. The van der Waals surface area contributed by atoms with E-state index < -0.39 is 16.1 Å². The third-order valence-corrected chi connectivity index (χ3v) is 4.59. The largest absolute Gasteiger partial charge is 0.398 e. The lowest BCUT2D eigenvalue weighted by molar-refractivity contribution is 0.539. The Bertz CT molecular complexity index is 680. The van der Waals surface area contributed by atoms with Crippen molar-refractivity contribution >= 4 is 15.7 Å². The molecule has 0 amide bonds. The second-order valence-corrected chi connectivity index (χ2v) is 6.29. The highest BCUT2D eigenvalue weighted by molar-refractivity contribution is 7.89. The van der Waals surface area contributed by atoms with Crippen LogP contribution in [0, 0.1) is 6.92 Å². The van der Waals surface area contributed by atoms with E-state index in [0.29, 0.717) is 17.9 Å². The third kappa shape index (κ3) is 3.00. The van der Waals surface area contributed by atoms with Gasteiger partial charge in [-0.15, -0.1) is 0 Å². The Morgan fingerprint density at radius 3 is 2.75 bits per heavy atom. The van der Waals surface area contributed by atoms with Gasteiger partial charge in [0, 0.05) is 18.1 Å². The van der Waals surface area contributed by atoms with E-state index in [2.05, 4.69) is 14.7 Å². The Kier molecular flexibility index (Phi) is 4.10. The zero-order valence-electron chi connectivity index (χ0n) is 11.4. The number of anilines is 1. The number of sulfonamides is 1. The van der Waals surface area contributed by atoms with Gasteiger partial charge in [-0.25, -0.2) is 18.1 Å². The number of imidazole rings is 1. The molecule has 4 N–H and O–H groups in total. The van der Waals surface area contributed by atoms with E-state index in [9.17, 15) is 8.42 Å². The van der Waals surface area contributed by atoms with Gasteiger partial charge in [-0.2, -0.15) is 0 Å². The molecule has 1 heterocycles. The van der Waals surface area contributed by atoms with Crippen LogP contribution in [0.2, 0.25) is 0 Å². The number of aromatic amines is 1. The summed E-state index contributed by atoms with van der Waals surface area (Å²) in [5.74, 6) is 0.594. The van der Waals surface area contributed by atoms with Crippen LogP contribution in [0.4, 0.5) is 5.69 Å².